The molecule has 0 atom stereocenters. The number of sulfonamides is 1. The van der Waals surface area contributed by atoms with E-state index in [-0.39, 0.29) is 12.5 Å². The van der Waals surface area contributed by atoms with Crippen LogP contribution in [-0.2, 0) is 14.8 Å². The van der Waals surface area contributed by atoms with Crippen LogP contribution < -0.4 is 4.72 Å². The Labute approximate surface area is 77.2 Å². The Balaban J connectivity index is 4.05. The lowest BCUT2D eigenvalue weighted by atomic mass is 10.6. The van der Waals surface area contributed by atoms with Gasteiger partial charge in [-0.15, -0.1) is 0 Å². The van der Waals surface area contributed by atoms with E-state index in [9.17, 15) is 13.2 Å². The van der Waals surface area contributed by atoms with Crippen molar-refractivity contribution in [3.8, 4) is 6.07 Å². The Morgan fingerprint density at radius 2 is 2.08 bits per heavy atom. The molecule has 0 saturated heterocycles. The second kappa shape index (κ2) is 4.79. The van der Waals surface area contributed by atoms with Gasteiger partial charge < -0.3 is 4.90 Å². The molecule has 7 heteroatoms. The molecule has 1 amide bonds. The van der Waals surface area contributed by atoms with E-state index in [4.69, 9.17) is 5.26 Å². The van der Waals surface area contributed by atoms with Gasteiger partial charge in [0, 0.05) is 14.1 Å². The first kappa shape index (κ1) is 11.9. The molecule has 0 unspecified atom stereocenters. The van der Waals surface area contributed by atoms with Crippen LogP contribution in [0, 0.1) is 11.3 Å². The van der Waals surface area contributed by atoms with Crippen LogP contribution in [0.1, 0.15) is 0 Å². The van der Waals surface area contributed by atoms with Crippen molar-refractivity contribution in [2.24, 2.45) is 0 Å². The van der Waals surface area contributed by atoms with Crippen molar-refractivity contribution < 1.29 is 13.2 Å². The van der Waals surface area contributed by atoms with Gasteiger partial charge >= 0.3 is 0 Å². The standard InChI is InChI=1S/C6H11N3O3S/c1-9(2)6(10)5-8-13(11,12)4-3-7/h8H,4-5H2,1-2H3. The summed E-state index contributed by atoms with van der Waals surface area (Å²) in [6, 6.07) is 1.49. The molecular formula is C6H11N3O3S. The van der Waals surface area contributed by atoms with Crippen molar-refractivity contribution in [3.05, 3.63) is 0 Å². The number of likely N-dealkylation sites (N-methyl/N-ethyl adjacent to an activating group) is 1. The fourth-order valence-corrected chi connectivity index (χ4v) is 1.08. The first-order chi connectivity index (χ1) is 5.89. The third kappa shape index (κ3) is 5.16. The maximum absolute atomic E-state index is 10.9. The lowest BCUT2D eigenvalue weighted by Gasteiger charge is -2.09. The number of nitrogens with zero attached hydrogens (tertiary/aromatic N) is 2. The number of carbonyl (C=O) groups excluding carboxylic acids is 1. The zero-order valence-corrected chi connectivity index (χ0v) is 8.26. The zero-order chi connectivity index (χ0) is 10.5. The molecule has 0 aromatic rings. The largest absolute Gasteiger partial charge is 0.348 e. The smallest absolute Gasteiger partial charge is 0.237 e. The maximum Gasteiger partial charge on any atom is 0.237 e. The molecule has 0 aliphatic carbocycles. The number of nitriles is 1. The highest BCUT2D eigenvalue weighted by molar-refractivity contribution is 7.89. The van der Waals surface area contributed by atoms with Crippen molar-refractivity contribution in [2.45, 2.75) is 0 Å². The molecular weight excluding hydrogens is 194 g/mol. The normalized spacial score (nSPS) is 10.5. The highest BCUT2D eigenvalue weighted by atomic mass is 32.2. The van der Waals surface area contributed by atoms with Gasteiger partial charge in [0.15, 0.2) is 5.75 Å². The molecule has 0 aromatic carbocycles. The van der Waals surface area contributed by atoms with Crippen molar-refractivity contribution >= 4 is 15.9 Å². The van der Waals surface area contributed by atoms with E-state index in [1.54, 1.807) is 0 Å². The van der Waals surface area contributed by atoms with Crippen LogP contribution in [0.25, 0.3) is 0 Å². The van der Waals surface area contributed by atoms with E-state index in [1.165, 1.54) is 25.1 Å². The van der Waals surface area contributed by atoms with Gasteiger partial charge in [-0.1, -0.05) is 0 Å². The van der Waals surface area contributed by atoms with Crippen LogP contribution in [-0.4, -0.2) is 45.6 Å². The lowest BCUT2D eigenvalue weighted by molar-refractivity contribution is -0.127. The van der Waals surface area contributed by atoms with E-state index < -0.39 is 15.8 Å². The van der Waals surface area contributed by atoms with Crippen LogP contribution in [0.5, 0.6) is 0 Å². The molecule has 1 N–H and O–H groups in total. The monoisotopic (exact) mass is 205 g/mol. The number of rotatable bonds is 4. The Morgan fingerprint density at radius 3 is 2.46 bits per heavy atom. The van der Waals surface area contributed by atoms with Crippen molar-refractivity contribution in [1.29, 1.82) is 5.26 Å². The SMILES string of the molecule is CN(C)C(=O)CNS(=O)(=O)CC#N. The second-order valence-electron chi connectivity index (χ2n) is 2.53. The average molecular weight is 205 g/mol. The summed E-state index contributed by atoms with van der Waals surface area (Å²) in [6.07, 6.45) is 0. The van der Waals surface area contributed by atoms with Gasteiger partial charge in [0.1, 0.15) is 0 Å². The van der Waals surface area contributed by atoms with Gasteiger partial charge in [-0.2, -0.15) is 5.26 Å². The molecule has 0 rings (SSSR count). The van der Waals surface area contributed by atoms with Crippen molar-refractivity contribution in [2.75, 3.05) is 26.4 Å². The second-order valence-corrected chi connectivity index (χ2v) is 4.33. The number of hydrogen-bond donors (Lipinski definition) is 1. The highest BCUT2D eigenvalue weighted by Crippen LogP contribution is 1.83. The third-order valence-corrected chi connectivity index (χ3v) is 2.29. The summed E-state index contributed by atoms with van der Waals surface area (Å²) in [7, 11) is -0.589. The molecule has 13 heavy (non-hydrogen) atoms. The number of amides is 1. The predicted octanol–water partition coefficient (Wildman–Crippen LogP) is -1.48. The summed E-state index contributed by atoms with van der Waals surface area (Å²) in [4.78, 5) is 12.2. The molecule has 0 aliphatic rings. The quantitative estimate of drug-likeness (QED) is 0.606. The van der Waals surface area contributed by atoms with E-state index in [2.05, 4.69) is 0 Å². The first-order valence-corrected chi connectivity index (χ1v) is 5.08. The van der Waals surface area contributed by atoms with E-state index >= 15 is 0 Å². The minimum atomic E-state index is -3.62. The van der Waals surface area contributed by atoms with Crippen molar-refractivity contribution in [1.82, 2.24) is 9.62 Å². The van der Waals surface area contributed by atoms with Gasteiger partial charge in [0.2, 0.25) is 15.9 Å². The third-order valence-electron chi connectivity index (χ3n) is 1.20. The first-order valence-electron chi connectivity index (χ1n) is 3.43. The van der Waals surface area contributed by atoms with Gasteiger partial charge in [0.25, 0.3) is 0 Å². The van der Waals surface area contributed by atoms with Gasteiger partial charge in [0.05, 0.1) is 12.6 Å². The van der Waals surface area contributed by atoms with Crippen LogP contribution in [0.15, 0.2) is 0 Å². The maximum atomic E-state index is 10.9. The Kier molecular flexibility index (Phi) is 4.37. The molecule has 0 saturated carbocycles. The molecule has 6 nitrogen and oxygen atoms in total. The minimum absolute atomic E-state index is 0.309. The minimum Gasteiger partial charge on any atom is -0.348 e. The molecule has 0 radical (unpaired) electrons. The fourth-order valence-electron chi connectivity index (χ4n) is 0.466. The van der Waals surface area contributed by atoms with Crippen LogP contribution >= 0.6 is 0 Å². The number of nitrogens with one attached hydrogen (secondary N) is 1. The predicted molar refractivity (Wildman–Crippen MR) is 46.1 cm³/mol. The van der Waals surface area contributed by atoms with Gasteiger partial charge in [-0.05, 0) is 0 Å². The molecule has 0 fully saturated rings. The molecule has 0 spiro atoms. The van der Waals surface area contributed by atoms with Gasteiger partial charge in [-0.3, -0.25) is 4.79 Å². The number of carbonyl (C=O) groups is 1. The van der Waals surface area contributed by atoms with E-state index in [1.807, 2.05) is 4.72 Å². The molecule has 0 aliphatic heterocycles. The van der Waals surface area contributed by atoms with Crippen LogP contribution in [0.4, 0.5) is 0 Å². The number of hydrogen-bond acceptors (Lipinski definition) is 4. The summed E-state index contributed by atoms with van der Waals surface area (Å²) >= 11 is 0. The molecule has 0 heterocycles. The Bertz CT molecular complexity index is 315. The average Bonchev–Trinajstić information content (AvgIpc) is 2.00. The summed E-state index contributed by atoms with van der Waals surface area (Å²) in [6.45, 7) is -0.309. The summed E-state index contributed by atoms with van der Waals surface area (Å²) < 4.78 is 23.7. The van der Waals surface area contributed by atoms with Crippen molar-refractivity contribution in [3.63, 3.8) is 0 Å². The Morgan fingerprint density at radius 1 is 1.54 bits per heavy atom. The highest BCUT2D eigenvalue weighted by Gasteiger charge is 2.12. The molecule has 74 valence electrons. The summed E-state index contributed by atoms with van der Waals surface area (Å²) in [5, 5.41) is 8.11. The Hall–Kier alpha value is -1.13. The zero-order valence-electron chi connectivity index (χ0n) is 7.44. The fraction of sp³-hybridized carbons (Fsp3) is 0.667. The van der Waals surface area contributed by atoms with Crippen LogP contribution in [0.2, 0.25) is 0 Å². The van der Waals surface area contributed by atoms with Gasteiger partial charge in [-0.25, -0.2) is 13.1 Å². The lowest BCUT2D eigenvalue weighted by Crippen LogP contribution is -2.37. The van der Waals surface area contributed by atoms with E-state index in [0.29, 0.717) is 0 Å². The topological polar surface area (TPSA) is 90.3 Å². The summed E-state index contributed by atoms with van der Waals surface area (Å²) in [5.41, 5.74) is 0. The van der Waals surface area contributed by atoms with Crippen LogP contribution in [0.3, 0.4) is 0 Å². The molecule has 0 bridgehead atoms. The van der Waals surface area contributed by atoms with E-state index in [0.717, 1.165) is 0 Å². The summed E-state index contributed by atoms with van der Waals surface area (Å²) in [5.74, 6) is -0.991. The molecule has 0 aromatic heterocycles.